The van der Waals surface area contributed by atoms with E-state index in [1.54, 1.807) is 0 Å². The van der Waals surface area contributed by atoms with Gasteiger partial charge in [-0.25, -0.2) is 4.98 Å². The lowest BCUT2D eigenvalue weighted by Gasteiger charge is -2.10. The Kier molecular flexibility index (Phi) is 5.15. The van der Waals surface area contributed by atoms with Gasteiger partial charge in [0.05, 0.1) is 13.4 Å². The standard InChI is InChI=1S/C11H16ClN3O3/c1-7(2)14-8(16)4-5-15-6-13-10(12)9(18-3)11(15)17/h6-7H,4-5H2,1-3H3,(H,14,16). The number of methoxy groups -OCH3 is 1. The largest absolute Gasteiger partial charge is 0.489 e. The maximum atomic E-state index is 11.8. The summed E-state index contributed by atoms with van der Waals surface area (Å²) in [5, 5.41) is 2.76. The summed E-state index contributed by atoms with van der Waals surface area (Å²) >= 11 is 5.70. The topological polar surface area (TPSA) is 73.2 Å². The van der Waals surface area contributed by atoms with Gasteiger partial charge in [-0.1, -0.05) is 11.6 Å². The van der Waals surface area contributed by atoms with E-state index in [0.29, 0.717) is 0 Å². The Morgan fingerprint density at radius 1 is 1.61 bits per heavy atom. The molecule has 1 rings (SSSR count). The Balaban J connectivity index is 2.75. The van der Waals surface area contributed by atoms with Crippen LogP contribution < -0.4 is 15.6 Å². The maximum Gasteiger partial charge on any atom is 0.297 e. The SMILES string of the molecule is COc1c(Cl)ncn(CCC(=O)NC(C)C)c1=O. The molecule has 6 nitrogen and oxygen atoms in total. The highest BCUT2D eigenvalue weighted by Crippen LogP contribution is 2.14. The molecule has 1 aromatic heterocycles. The molecule has 0 saturated heterocycles. The van der Waals surface area contributed by atoms with E-state index in [0.717, 1.165) is 0 Å². The minimum atomic E-state index is -0.394. The van der Waals surface area contributed by atoms with Gasteiger partial charge in [0.25, 0.3) is 5.56 Å². The number of hydrogen-bond donors (Lipinski definition) is 1. The van der Waals surface area contributed by atoms with Crippen molar-refractivity contribution in [1.82, 2.24) is 14.9 Å². The molecule has 0 aliphatic heterocycles. The highest BCUT2D eigenvalue weighted by Gasteiger charge is 2.11. The summed E-state index contributed by atoms with van der Waals surface area (Å²) in [5.74, 6) is -0.130. The monoisotopic (exact) mass is 273 g/mol. The van der Waals surface area contributed by atoms with Gasteiger partial charge >= 0.3 is 0 Å². The second kappa shape index (κ2) is 6.39. The number of nitrogens with zero attached hydrogens (tertiary/aromatic N) is 2. The van der Waals surface area contributed by atoms with Gasteiger partial charge in [-0.05, 0) is 13.8 Å². The average molecular weight is 274 g/mol. The molecule has 0 unspecified atom stereocenters. The van der Waals surface area contributed by atoms with Crippen molar-refractivity contribution in [1.29, 1.82) is 0 Å². The molecular weight excluding hydrogens is 258 g/mol. The number of carbonyl (C=O) groups excluding carboxylic acids is 1. The molecule has 1 aromatic rings. The zero-order valence-electron chi connectivity index (χ0n) is 10.6. The number of aromatic nitrogens is 2. The van der Waals surface area contributed by atoms with Crippen LogP contribution in [-0.2, 0) is 11.3 Å². The molecule has 0 radical (unpaired) electrons. The summed E-state index contributed by atoms with van der Waals surface area (Å²) < 4.78 is 6.16. The van der Waals surface area contributed by atoms with Crippen LogP contribution in [0.15, 0.2) is 11.1 Å². The van der Waals surface area contributed by atoms with Gasteiger partial charge in [0.15, 0.2) is 5.15 Å². The van der Waals surface area contributed by atoms with Crippen molar-refractivity contribution in [3.05, 3.63) is 21.8 Å². The van der Waals surface area contributed by atoms with E-state index in [2.05, 4.69) is 10.3 Å². The number of halogens is 1. The Labute approximate surface area is 110 Å². The van der Waals surface area contributed by atoms with E-state index < -0.39 is 5.56 Å². The Morgan fingerprint density at radius 3 is 2.83 bits per heavy atom. The summed E-state index contributed by atoms with van der Waals surface area (Å²) in [4.78, 5) is 27.1. The average Bonchev–Trinajstić information content (AvgIpc) is 2.27. The molecular formula is C11H16ClN3O3. The number of amides is 1. The molecule has 0 bridgehead atoms. The summed E-state index contributed by atoms with van der Waals surface area (Å²) in [7, 11) is 1.35. The van der Waals surface area contributed by atoms with Crippen molar-refractivity contribution < 1.29 is 9.53 Å². The maximum absolute atomic E-state index is 11.8. The quantitative estimate of drug-likeness (QED) is 0.806. The van der Waals surface area contributed by atoms with Crippen molar-refractivity contribution >= 4 is 17.5 Å². The van der Waals surface area contributed by atoms with E-state index in [4.69, 9.17) is 16.3 Å². The molecule has 0 fully saturated rings. The van der Waals surface area contributed by atoms with E-state index in [9.17, 15) is 9.59 Å². The van der Waals surface area contributed by atoms with Crippen LogP contribution >= 0.6 is 11.6 Å². The van der Waals surface area contributed by atoms with Gasteiger partial charge in [0.2, 0.25) is 11.7 Å². The van der Waals surface area contributed by atoms with Crippen LogP contribution in [0.25, 0.3) is 0 Å². The predicted octanol–water partition coefficient (Wildman–Crippen LogP) is 0.820. The first-order valence-corrected chi connectivity index (χ1v) is 5.91. The number of carbonyl (C=O) groups is 1. The lowest BCUT2D eigenvalue weighted by molar-refractivity contribution is -0.121. The summed E-state index contributed by atoms with van der Waals surface area (Å²) in [6.45, 7) is 3.98. The third kappa shape index (κ3) is 3.73. The van der Waals surface area contributed by atoms with Crippen molar-refractivity contribution in [3.63, 3.8) is 0 Å². The number of hydrogen-bond acceptors (Lipinski definition) is 4. The molecule has 1 N–H and O–H groups in total. The zero-order chi connectivity index (χ0) is 13.7. The minimum absolute atomic E-state index is 0.0107. The van der Waals surface area contributed by atoms with E-state index >= 15 is 0 Å². The van der Waals surface area contributed by atoms with Crippen LogP contribution in [0.3, 0.4) is 0 Å². The molecule has 0 aliphatic carbocycles. The van der Waals surface area contributed by atoms with Gasteiger partial charge in [-0.3, -0.25) is 14.2 Å². The van der Waals surface area contributed by atoms with Crippen molar-refractivity contribution in [2.75, 3.05) is 7.11 Å². The highest BCUT2D eigenvalue weighted by molar-refractivity contribution is 6.30. The van der Waals surface area contributed by atoms with Crippen molar-refractivity contribution in [2.45, 2.75) is 32.9 Å². The molecule has 0 spiro atoms. The van der Waals surface area contributed by atoms with Gasteiger partial charge in [0, 0.05) is 19.0 Å². The third-order valence-electron chi connectivity index (χ3n) is 2.19. The Hall–Kier alpha value is -1.56. The molecule has 0 aliphatic rings. The van der Waals surface area contributed by atoms with Crippen LogP contribution in [0.1, 0.15) is 20.3 Å². The van der Waals surface area contributed by atoms with Gasteiger partial charge in [-0.2, -0.15) is 0 Å². The highest BCUT2D eigenvalue weighted by atomic mass is 35.5. The molecule has 7 heteroatoms. The third-order valence-corrected chi connectivity index (χ3v) is 2.46. The van der Waals surface area contributed by atoms with Crippen molar-refractivity contribution in [3.8, 4) is 5.75 Å². The molecule has 0 saturated carbocycles. The van der Waals surface area contributed by atoms with Crippen LogP contribution in [-0.4, -0.2) is 28.6 Å². The zero-order valence-corrected chi connectivity index (χ0v) is 11.3. The van der Waals surface area contributed by atoms with Crippen LogP contribution in [0.5, 0.6) is 5.75 Å². The van der Waals surface area contributed by atoms with E-state index in [-0.39, 0.29) is 35.8 Å². The molecule has 1 heterocycles. The number of nitrogens with one attached hydrogen (secondary N) is 1. The Morgan fingerprint density at radius 2 is 2.28 bits per heavy atom. The first-order chi connectivity index (χ1) is 8.45. The van der Waals surface area contributed by atoms with Gasteiger partial charge < -0.3 is 10.1 Å². The molecule has 0 atom stereocenters. The second-order valence-electron chi connectivity index (χ2n) is 4.04. The molecule has 0 aromatic carbocycles. The summed E-state index contributed by atoms with van der Waals surface area (Å²) in [6, 6.07) is 0.0760. The lowest BCUT2D eigenvalue weighted by Crippen LogP contribution is -2.32. The smallest absolute Gasteiger partial charge is 0.297 e. The number of ether oxygens (including phenoxy) is 1. The van der Waals surface area contributed by atoms with Crippen LogP contribution in [0.4, 0.5) is 0 Å². The van der Waals surface area contributed by atoms with E-state index in [1.165, 1.54) is 18.0 Å². The van der Waals surface area contributed by atoms with Gasteiger partial charge in [-0.15, -0.1) is 0 Å². The number of aryl methyl sites for hydroxylation is 1. The lowest BCUT2D eigenvalue weighted by atomic mass is 10.3. The van der Waals surface area contributed by atoms with Gasteiger partial charge in [0.1, 0.15) is 0 Å². The number of rotatable bonds is 5. The first kappa shape index (κ1) is 14.5. The Bertz CT molecular complexity index is 485. The minimum Gasteiger partial charge on any atom is -0.489 e. The van der Waals surface area contributed by atoms with E-state index in [1.807, 2.05) is 13.8 Å². The summed E-state index contributed by atoms with van der Waals surface area (Å²) in [5.41, 5.74) is -0.394. The van der Waals surface area contributed by atoms with Crippen molar-refractivity contribution in [2.24, 2.45) is 0 Å². The first-order valence-electron chi connectivity index (χ1n) is 5.54. The fourth-order valence-electron chi connectivity index (χ4n) is 1.40. The fourth-order valence-corrected chi connectivity index (χ4v) is 1.60. The predicted molar refractivity (Wildman–Crippen MR) is 68.0 cm³/mol. The second-order valence-corrected chi connectivity index (χ2v) is 4.40. The van der Waals surface area contributed by atoms with Crippen LogP contribution in [0.2, 0.25) is 5.15 Å². The molecule has 18 heavy (non-hydrogen) atoms. The fraction of sp³-hybridized carbons (Fsp3) is 0.545. The molecule has 100 valence electrons. The molecule has 1 amide bonds. The normalized spacial score (nSPS) is 10.5. The van der Waals surface area contributed by atoms with Crippen LogP contribution in [0, 0.1) is 0 Å². The summed E-state index contributed by atoms with van der Waals surface area (Å²) in [6.07, 6.45) is 1.50.